The zero-order valence-corrected chi connectivity index (χ0v) is 11.4. The van der Waals surface area contributed by atoms with Gasteiger partial charge in [-0.2, -0.15) is 0 Å². The van der Waals surface area contributed by atoms with E-state index in [1.54, 1.807) is 30.2 Å². The Morgan fingerprint density at radius 2 is 2.35 bits per heavy atom. The molecule has 0 aliphatic heterocycles. The third-order valence-electron chi connectivity index (χ3n) is 2.33. The van der Waals surface area contributed by atoms with Gasteiger partial charge in [0.15, 0.2) is 0 Å². The first kappa shape index (κ1) is 12.3. The molecule has 3 nitrogen and oxygen atoms in total. The molecule has 0 atom stereocenters. The molecule has 1 N–H and O–H groups in total. The number of rotatable bonds is 5. The molecule has 1 aromatic heterocycles. The van der Waals surface area contributed by atoms with Crippen LogP contribution in [0.15, 0.2) is 34.8 Å². The molecule has 0 radical (unpaired) electrons. The summed E-state index contributed by atoms with van der Waals surface area (Å²) in [7, 11) is 1.69. The van der Waals surface area contributed by atoms with Gasteiger partial charge < -0.3 is 10.1 Å². The average molecular weight is 266 g/mol. The number of nitrogens with zero attached hydrogens (tertiary/aromatic N) is 1. The average Bonchev–Trinajstić information content (AvgIpc) is 2.89. The van der Waals surface area contributed by atoms with Crippen molar-refractivity contribution in [2.24, 2.45) is 0 Å². The van der Waals surface area contributed by atoms with E-state index in [1.807, 2.05) is 30.1 Å². The molecule has 0 saturated heterocycles. The van der Waals surface area contributed by atoms with E-state index >= 15 is 0 Å². The van der Waals surface area contributed by atoms with E-state index in [0.29, 0.717) is 0 Å². The SMILES string of the molecule is COc1ccc(NCc2cncs2)cc1SC. The highest BCUT2D eigenvalue weighted by atomic mass is 32.2. The number of hydrogen-bond acceptors (Lipinski definition) is 5. The molecule has 2 rings (SSSR count). The van der Waals surface area contributed by atoms with Crippen LogP contribution >= 0.6 is 23.1 Å². The lowest BCUT2D eigenvalue weighted by Gasteiger charge is -2.10. The topological polar surface area (TPSA) is 34.1 Å². The summed E-state index contributed by atoms with van der Waals surface area (Å²) in [6.45, 7) is 0.810. The van der Waals surface area contributed by atoms with Crippen LogP contribution in [0.5, 0.6) is 5.75 Å². The molecule has 0 aliphatic carbocycles. The van der Waals surface area contributed by atoms with Gasteiger partial charge >= 0.3 is 0 Å². The number of benzene rings is 1. The summed E-state index contributed by atoms with van der Waals surface area (Å²) in [5.41, 5.74) is 2.95. The van der Waals surface area contributed by atoms with Crippen molar-refractivity contribution in [3.63, 3.8) is 0 Å². The molecule has 0 fully saturated rings. The summed E-state index contributed by atoms with van der Waals surface area (Å²) in [6.07, 6.45) is 3.93. The summed E-state index contributed by atoms with van der Waals surface area (Å²) >= 11 is 3.34. The van der Waals surface area contributed by atoms with Gasteiger partial charge in [-0.05, 0) is 24.5 Å². The Labute approximate surface area is 109 Å². The lowest BCUT2D eigenvalue weighted by Crippen LogP contribution is -1.98. The van der Waals surface area contributed by atoms with Crippen molar-refractivity contribution >= 4 is 28.8 Å². The fraction of sp³-hybridized carbons (Fsp3) is 0.250. The van der Waals surface area contributed by atoms with Gasteiger partial charge in [0.2, 0.25) is 0 Å². The molecule has 0 saturated carbocycles. The predicted octanol–water partition coefficient (Wildman–Crippen LogP) is 3.49. The number of thiazole rings is 1. The van der Waals surface area contributed by atoms with E-state index in [4.69, 9.17) is 4.74 Å². The van der Waals surface area contributed by atoms with Gasteiger partial charge in [-0.3, -0.25) is 4.98 Å². The minimum Gasteiger partial charge on any atom is -0.496 e. The molecule has 1 heterocycles. The lowest BCUT2D eigenvalue weighted by atomic mass is 10.3. The van der Waals surface area contributed by atoms with Crippen LogP contribution in [0.2, 0.25) is 0 Å². The first-order chi connectivity index (χ1) is 8.33. The zero-order chi connectivity index (χ0) is 12.1. The van der Waals surface area contributed by atoms with Crippen LogP contribution in [0.3, 0.4) is 0 Å². The predicted molar refractivity (Wildman–Crippen MR) is 74.2 cm³/mol. The Morgan fingerprint density at radius 1 is 1.47 bits per heavy atom. The van der Waals surface area contributed by atoms with E-state index in [1.165, 1.54) is 4.88 Å². The number of anilines is 1. The van der Waals surface area contributed by atoms with Gasteiger partial charge in [0, 0.05) is 16.8 Å². The van der Waals surface area contributed by atoms with Crippen molar-refractivity contribution in [1.29, 1.82) is 0 Å². The standard InChI is InChI=1S/C12H14N2OS2/c1-15-11-4-3-9(5-12(11)16-2)14-7-10-6-13-8-17-10/h3-6,8,14H,7H2,1-2H3. The van der Waals surface area contributed by atoms with Gasteiger partial charge in [0.25, 0.3) is 0 Å². The van der Waals surface area contributed by atoms with E-state index < -0.39 is 0 Å². The Morgan fingerprint density at radius 3 is 3.00 bits per heavy atom. The minimum absolute atomic E-state index is 0.810. The fourth-order valence-electron chi connectivity index (χ4n) is 1.46. The first-order valence-electron chi connectivity index (χ1n) is 5.16. The van der Waals surface area contributed by atoms with Crippen molar-refractivity contribution in [2.75, 3.05) is 18.7 Å². The molecule has 17 heavy (non-hydrogen) atoms. The van der Waals surface area contributed by atoms with Crippen LogP contribution in [0.25, 0.3) is 0 Å². The molecule has 0 spiro atoms. The van der Waals surface area contributed by atoms with E-state index in [0.717, 1.165) is 22.9 Å². The third kappa shape index (κ3) is 3.14. The number of nitrogens with one attached hydrogen (secondary N) is 1. The second-order valence-electron chi connectivity index (χ2n) is 3.39. The molecule has 5 heteroatoms. The van der Waals surface area contributed by atoms with E-state index in [2.05, 4.69) is 16.4 Å². The van der Waals surface area contributed by atoms with Crippen LogP contribution in [-0.4, -0.2) is 18.3 Å². The second-order valence-corrected chi connectivity index (χ2v) is 5.21. The quantitative estimate of drug-likeness (QED) is 0.840. The Kier molecular flexibility index (Phi) is 4.28. The monoisotopic (exact) mass is 266 g/mol. The minimum atomic E-state index is 0.810. The molecule has 2 aromatic rings. The van der Waals surface area contributed by atoms with Crippen LogP contribution in [0.1, 0.15) is 4.88 Å². The number of aromatic nitrogens is 1. The highest BCUT2D eigenvalue weighted by molar-refractivity contribution is 7.98. The van der Waals surface area contributed by atoms with Crippen molar-refractivity contribution in [1.82, 2.24) is 4.98 Å². The molecular formula is C12H14N2OS2. The van der Waals surface area contributed by atoms with Crippen molar-refractivity contribution < 1.29 is 4.74 Å². The zero-order valence-electron chi connectivity index (χ0n) is 9.77. The third-order valence-corrected chi connectivity index (χ3v) is 3.87. The Balaban J connectivity index is 2.06. The van der Waals surface area contributed by atoms with Gasteiger partial charge in [-0.25, -0.2) is 0 Å². The summed E-state index contributed by atoms with van der Waals surface area (Å²) in [6, 6.07) is 6.12. The molecule has 90 valence electrons. The molecule has 0 amide bonds. The van der Waals surface area contributed by atoms with Gasteiger partial charge in [0.1, 0.15) is 5.75 Å². The second kappa shape index (κ2) is 5.93. The number of ether oxygens (including phenoxy) is 1. The summed E-state index contributed by atoms with van der Waals surface area (Å²) in [5, 5.41) is 3.37. The van der Waals surface area contributed by atoms with Crippen LogP contribution in [-0.2, 0) is 6.54 Å². The maximum Gasteiger partial charge on any atom is 0.132 e. The highest BCUT2D eigenvalue weighted by Crippen LogP contribution is 2.30. The van der Waals surface area contributed by atoms with Crippen LogP contribution in [0, 0.1) is 0 Å². The number of thioether (sulfide) groups is 1. The summed E-state index contributed by atoms with van der Waals surface area (Å²) in [5.74, 6) is 0.917. The Bertz CT molecular complexity index is 471. The van der Waals surface area contributed by atoms with Crippen LogP contribution < -0.4 is 10.1 Å². The molecule has 0 unspecified atom stereocenters. The largest absolute Gasteiger partial charge is 0.496 e. The van der Waals surface area contributed by atoms with Gasteiger partial charge in [-0.1, -0.05) is 0 Å². The molecule has 1 aromatic carbocycles. The van der Waals surface area contributed by atoms with Crippen LogP contribution in [0.4, 0.5) is 5.69 Å². The number of methoxy groups -OCH3 is 1. The highest BCUT2D eigenvalue weighted by Gasteiger charge is 2.03. The van der Waals surface area contributed by atoms with Gasteiger partial charge in [-0.15, -0.1) is 23.1 Å². The normalized spacial score (nSPS) is 10.2. The van der Waals surface area contributed by atoms with Gasteiger partial charge in [0.05, 0.1) is 24.1 Å². The van der Waals surface area contributed by atoms with Crippen molar-refractivity contribution in [3.8, 4) is 5.75 Å². The molecule has 0 bridgehead atoms. The first-order valence-corrected chi connectivity index (χ1v) is 7.27. The number of hydrogen-bond donors (Lipinski definition) is 1. The molecular weight excluding hydrogens is 252 g/mol. The maximum absolute atomic E-state index is 5.29. The maximum atomic E-state index is 5.29. The lowest BCUT2D eigenvalue weighted by molar-refractivity contribution is 0.405. The molecule has 0 aliphatic rings. The summed E-state index contributed by atoms with van der Waals surface area (Å²) < 4.78 is 5.29. The van der Waals surface area contributed by atoms with Crippen molar-refractivity contribution in [2.45, 2.75) is 11.4 Å². The fourth-order valence-corrected chi connectivity index (χ4v) is 2.60. The Hall–Kier alpha value is -1.20. The summed E-state index contributed by atoms with van der Waals surface area (Å²) in [4.78, 5) is 6.42. The van der Waals surface area contributed by atoms with Crippen molar-refractivity contribution in [3.05, 3.63) is 34.8 Å². The van der Waals surface area contributed by atoms with E-state index in [9.17, 15) is 0 Å². The smallest absolute Gasteiger partial charge is 0.132 e. The van der Waals surface area contributed by atoms with E-state index in [-0.39, 0.29) is 0 Å².